The number of hydrogen-bond acceptors (Lipinski definition) is 5. The fraction of sp³-hybridized carbons (Fsp3) is 0.240. The minimum Gasteiger partial charge on any atom is -0.338 e. The Morgan fingerprint density at radius 1 is 0.806 bits per heavy atom. The molecule has 1 amide bonds. The van der Waals surface area contributed by atoms with E-state index in [1.54, 1.807) is 54.6 Å². The number of carbonyl (C=O) groups excluding carboxylic acids is 1. The first-order chi connectivity index (χ1) is 17.1. The van der Waals surface area contributed by atoms with Crippen molar-refractivity contribution in [2.24, 2.45) is 0 Å². The molecule has 0 saturated carbocycles. The van der Waals surface area contributed by atoms with Gasteiger partial charge >= 0.3 is 0 Å². The minimum absolute atomic E-state index is 0.0116. The molecule has 36 heavy (non-hydrogen) atoms. The SMILES string of the molecule is Cc1ccc(S(=O)(=O)N2CCN(C(=O)CN(c3ccccc3)S(=O)(=O)c3ccc(Cl)cc3)CC2)cc1. The van der Waals surface area contributed by atoms with Gasteiger partial charge in [-0.05, 0) is 55.5 Å². The van der Waals surface area contributed by atoms with E-state index < -0.39 is 32.5 Å². The summed E-state index contributed by atoms with van der Waals surface area (Å²) in [5, 5.41) is 0.398. The second-order valence-electron chi connectivity index (χ2n) is 8.40. The maximum atomic E-state index is 13.5. The summed E-state index contributed by atoms with van der Waals surface area (Å²) < 4.78 is 55.3. The van der Waals surface area contributed by atoms with Crippen LogP contribution in [0.2, 0.25) is 5.02 Å². The van der Waals surface area contributed by atoms with Crippen molar-refractivity contribution in [3.8, 4) is 0 Å². The van der Waals surface area contributed by atoms with Gasteiger partial charge in [0.1, 0.15) is 6.54 Å². The lowest BCUT2D eigenvalue weighted by molar-refractivity contribution is -0.130. The Bertz CT molecular complexity index is 1420. The van der Waals surface area contributed by atoms with Crippen LogP contribution in [-0.2, 0) is 24.8 Å². The zero-order valence-electron chi connectivity index (χ0n) is 19.6. The number of carbonyl (C=O) groups is 1. The molecule has 1 aliphatic heterocycles. The van der Waals surface area contributed by atoms with Crippen LogP contribution in [0.1, 0.15) is 5.56 Å². The average molecular weight is 548 g/mol. The topological polar surface area (TPSA) is 95.1 Å². The van der Waals surface area contributed by atoms with Crippen LogP contribution in [-0.4, -0.2) is 64.7 Å². The lowest BCUT2D eigenvalue weighted by Gasteiger charge is -2.35. The van der Waals surface area contributed by atoms with Crippen LogP contribution in [0, 0.1) is 6.92 Å². The van der Waals surface area contributed by atoms with E-state index in [2.05, 4.69) is 0 Å². The summed E-state index contributed by atoms with van der Waals surface area (Å²) in [6.45, 7) is 2.03. The number of sulfonamides is 2. The monoisotopic (exact) mass is 547 g/mol. The predicted molar refractivity (Wildman–Crippen MR) is 139 cm³/mol. The number of piperazine rings is 1. The Balaban J connectivity index is 1.50. The lowest BCUT2D eigenvalue weighted by atomic mass is 10.2. The molecule has 0 radical (unpaired) electrons. The molecule has 0 spiro atoms. The second kappa shape index (κ2) is 10.6. The third kappa shape index (κ3) is 5.57. The van der Waals surface area contributed by atoms with Crippen LogP contribution in [0.15, 0.2) is 88.7 Å². The molecule has 190 valence electrons. The molecule has 0 aliphatic carbocycles. The van der Waals surface area contributed by atoms with Crippen LogP contribution in [0.5, 0.6) is 0 Å². The normalized spacial score (nSPS) is 15.0. The number of rotatable bonds is 7. The van der Waals surface area contributed by atoms with Gasteiger partial charge in [0.15, 0.2) is 0 Å². The third-order valence-corrected chi connectivity index (χ3v) is 9.93. The smallest absolute Gasteiger partial charge is 0.264 e. The van der Waals surface area contributed by atoms with E-state index in [-0.39, 0.29) is 36.0 Å². The van der Waals surface area contributed by atoms with Gasteiger partial charge in [0.2, 0.25) is 15.9 Å². The number of aryl methyl sites for hydroxylation is 1. The molecule has 1 saturated heterocycles. The van der Waals surface area contributed by atoms with Crippen molar-refractivity contribution >= 4 is 43.2 Å². The van der Waals surface area contributed by atoms with Gasteiger partial charge in [-0.25, -0.2) is 16.8 Å². The van der Waals surface area contributed by atoms with E-state index in [4.69, 9.17) is 11.6 Å². The molecule has 3 aromatic carbocycles. The zero-order chi connectivity index (χ0) is 25.9. The van der Waals surface area contributed by atoms with Gasteiger partial charge in [-0.15, -0.1) is 0 Å². The highest BCUT2D eigenvalue weighted by Crippen LogP contribution is 2.25. The number of hydrogen-bond donors (Lipinski definition) is 0. The summed E-state index contributed by atoms with van der Waals surface area (Å²) in [5.41, 5.74) is 1.31. The summed E-state index contributed by atoms with van der Waals surface area (Å²) >= 11 is 5.92. The standard InChI is InChI=1S/C25H26ClN3O5S2/c1-20-7-11-23(12-8-20)35(31,32)28-17-15-27(16-18-28)25(30)19-29(22-5-3-2-4-6-22)36(33,34)24-13-9-21(26)10-14-24/h2-14H,15-19H2,1H3. The Labute approximate surface area is 216 Å². The third-order valence-electron chi connectivity index (χ3n) is 5.97. The van der Waals surface area contributed by atoms with Crippen LogP contribution >= 0.6 is 11.6 Å². The molecule has 1 heterocycles. The van der Waals surface area contributed by atoms with Gasteiger partial charge in [-0.3, -0.25) is 9.10 Å². The number of nitrogens with zero attached hydrogens (tertiary/aromatic N) is 3. The molecule has 0 atom stereocenters. The van der Waals surface area contributed by atoms with Crippen LogP contribution in [0.25, 0.3) is 0 Å². The van der Waals surface area contributed by atoms with E-state index in [1.165, 1.54) is 33.5 Å². The van der Waals surface area contributed by atoms with Crippen molar-refractivity contribution in [2.45, 2.75) is 16.7 Å². The molecule has 8 nitrogen and oxygen atoms in total. The molecule has 0 bridgehead atoms. The number of benzene rings is 3. The van der Waals surface area contributed by atoms with E-state index in [0.717, 1.165) is 9.87 Å². The van der Waals surface area contributed by atoms with Gasteiger partial charge < -0.3 is 4.90 Å². The molecule has 3 aromatic rings. The molecule has 0 unspecified atom stereocenters. The summed E-state index contributed by atoms with van der Waals surface area (Å²) in [4.78, 5) is 14.9. The molecule has 0 N–H and O–H groups in total. The predicted octanol–water partition coefficient (Wildman–Crippen LogP) is 3.38. The Morgan fingerprint density at radius 2 is 1.36 bits per heavy atom. The molecular formula is C25H26ClN3O5S2. The Kier molecular flexibility index (Phi) is 7.70. The van der Waals surface area contributed by atoms with Gasteiger partial charge in [-0.1, -0.05) is 47.5 Å². The first-order valence-corrected chi connectivity index (χ1v) is 14.5. The van der Waals surface area contributed by atoms with E-state index in [0.29, 0.717) is 10.7 Å². The quantitative estimate of drug-likeness (QED) is 0.452. The van der Waals surface area contributed by atoms with Crippen LogP contribution in [0.3, 0.4) is 0 Å². The molecule has 4 rings (SSSR count). The van der Waals surface area contributed by atoms with Crippen molar-refractivity contribution < 1.29 is 21.6 Å². The zero-order valence-corrected chi connectivity index (χ0v) is 22.0. The maximum Gasteiger partial charge on any atom is 0.264 e. The van der Waals surface area contributed by atoms with Crippen LogP contribution in [0.4, 0.5) is 5.69 Å². The number of anilines is 1. The second-order valence-corrected chi connectivity index (χ2v) is 12.6. The van der Waals surface area contributed by atoms with Crippen LogP contribution < -0.4 is 4.31 Å². The van der Waals surface area contributed by atoms with Crippen molar-refractivity contribution in [3.05, 3.63) is 89.4 Å². The lowest BCUT2D eigenvalue weighted by Crippen LogP contribution is -2.53. The Morgan fingerprint density at radius 3 is 1.94 bits per heavy atom. The van der Waals surface area contributed by atoms with Gasteiger partial charge in [0, 0.05) is 31.2 Å². The fourth-order valence-corrected chi connectivity index (χ4v) is 6.87. The number of para-hydroxylation sites is 1. The van der Waals surface area contributed by atoms with Gasteiger partial charge in [0.25, 0.3) is 10.0 Å². The van der Waals surface area contributed by atoms with Crippen molar-refractivity contribution in [1.82, 2.24) is 9.21 Å². The van der Waals surface area contributed by atoms with Crippen molar-refractivity contribution in [3.63, 3.8) is 0 Å². The number of amides is 1. The average Bonchev–Trinajstić information content (AvgIpc) is 2.88. The van der Waals surface area contributed by atoms with E-state index >= 15 is 0 Å². The van der Waals surface area contributed by atoms with Gasteiger partial charge in [-0.2, -0.15) is 4.31 Å². The molecule has 1 aliphatic rings. The highest BCUT2D eigenvalue weighted by atomic mass is 35.5. The maximum absolute atomic E-state index is 13.5. The highest BCUT2D eigenvalue weighted by molar-refractivity contribution is 7.92. The number of halogens is 1. The van der Waals surface area contributed by atoms with E-state index in [1.807, 2.05) is 6.92 Å². The summed E-state index contributed by atoms with van der Waals surface area (Å²) in [6.07, 6.45) is 0. The molecule has 1 fully saturated rings. The fourth-order valence-electron chi connectivity index (χ4n) is 3.90. The first kappa shape index (κ1) is 26.2. The minimum atomic E-state index is -4.06. The highest BCUT2D eigenvalue weighted by Gasteiger charge is 2.33. The van der Waals surface area contributed by atoms with Crippen molar-refractivity contribution in [2.75, 3.05) is 37.0 Å². The summed E-state index contributed by atoms with van der Waals surface area (Å²) in [7, 11) is -7.74. The summed E-state index contributed by atoms with van der Waals surface area (Å²) in [5.74, 6) is -0.413. The van der Waals surface area contributed by atoms with Crippen molar-refractivity contribution in [1.29, 1.82) is 0 Å². The molecular weight excluding hydrogens is 522 g/mol. The largest absolute Gasteiger partial charge is 0.338 e. The molecule has 11 heteroatoms. The Hall–Kier alpha value is -2.92. The summed E-state index contributed by atoms with van der Waals surface area (Å²) in [6, 6.07) is 20.8. The van der Waals surface area contributed by atoms with E-state index in [9.17, 15) is 21.6 Å². The molecule has 0 aromatic heterocycles. The first-order valence-electron chi connectivity index (χ1n) is 11.3. The van der Waals surface area contributed by atoms with Gasteiger partial charge in [0.05, 0.1) is 15.5 Å².